The molecule has 1 saturated carbocycles. The number of sulfonamides is 1. The number of para-hydroxylation sites is 1. The smallest absolute Gasteiger partial charge is 0.217 e. The van der Waals surface area contributed by atoms with E-state index in [1.54, 1.807) is 10.9 Å². The third-order valence-electron chi connectivity index (χ3n) is 3.61. The van der Waals surface area contributed by atoms with E-state index in [1.807, 2.05) is 30.3 Å². The molecule has 1 aliphatic carbocycles. The van der Waals surface area contributed by atoms with Crippen LogP contribution in [-0.4, -0.2) is 51.2 Å². The average molecular weight is 322 g/mol. The topological polar surface area (TPSA) is 88.3 Å². The molecule has 0 bridgehead atoms. The molecule has 0 spiro atoms. The Morgan fingerprint density at radius 2 is 2.00 bits per heavy atom. The zero-order valence-electron chi connectivity index (χ0n) is 12.0. The Bertz CT molecular complexity index is 726. The summed E-state index contributed by atoms with van der Waals surface area (Å²) in [5, 5.41) is 16.8. The van der Waals surface area contributed by atoms with Gasteiger partial charge >= 0.3 is 0 Å². The Morgan fingerprint density at radius 3 is 2.64 bits per heavy atom. The maximum Gasteiger partial charge on any atom is 0.217 e. The Balaban J connectivity index is 1.87. The highest BCUT2D eigenvalue weighted by Gasteiger charge is 2.40. The van der Waals surface area contributed by atoms with Crippen LogP contribution in [0.1, 0.15) is 18.5 Å². The van der Waals surface area contributed by atoms with E-state index < -0.39 is 10.0 Å². The van der Waals surface area contributed by atoms with Crippen molar-refractivity contribution in [2.75, 3.05) is 13.2 Å². The van der Waals surface area contributed by atoms with Gasteiger partial charge < -0.3 is 5.11 Å². The standard InChI is InChI=1S/C14H18N4O3S/c19-9-8-17(22(20,21)14-6-7-14)11-13-10-15-16-18(13)12-4-2-1-3-5-12/h1-5,10,14,19H,6-9,11H2. The molecular weight excluding hydrogens is 304 g/mol. The molecule has 1 fully saturated rings. The molecule has 3 rings (SSSR count). The molecule has 7 nitrogen and oxygen atoms in total. The van der Waals surface area contributed by atoms with Crippen LogP contribution in [-0.2, 0) is 16.6 Å². The van der Waals surface area contributed by atoms with Crippen LogP contribution in [0.15, 0.2) is 36.5 Å². The van der Waals surface area contributed by atoms with Gasteiger partial charge in [-0.15, -0.1) is 5.10 Å². The zero-order valence-corrected chi connectivity index (χ0v) is 12.9. The first kappa shape index (κ1) is 15.1. The number of hydrogen-bond acceptors (Lipinski definition) is 5. The van der Waals surface area contributed by atoms with E-state index >= 15 is 0 Å². The van der Waals surface area contributed by atoms with Crippen molar-refractivity contribution in [2.24, 2.45) is 0 Å². The van der Waals surface area contributed by atoms with Crippen LogP contribution in [0.5, 0.6) is 0 Å². The Labute approximate surface area is 129 Å². The van der Waals surface area contributed by atoms with E-state index in [9.17, 15) is 13.5 Å². The van der Waals surface area contributed by atoms with Gasteiger partial charge in [0, 0.05) is 6.54 Å². The lowest BCUT2D eigenvalue weighted by Crippen LogP contribution is -2.36. The van der Waals surface area contributed by atoms with Gasteiger partial charge in [-0.25, -0.2) is 13.1 Å². The Kier molecular flexibility index (Phi) is 4.23. The highest BCUT2D eigenvalue weighted by atomic mass is 32.2. The summed E-state index contributed by atoms with van der Waals surface area (Å²) in [5.41, 5.74) is 1.49. The number of aliphatic hydroxyl groups is 1. The molecule has 1 N–H and O–H groups in total. The quantitative estimate of drug-likeness (QED) is 0.804. The van der Waals surface area contributed by atoms with E-state index in [0.717, 1.165) is 5.69 Å². The van der Waals surface area contributed by atoms with E-state index in [4.69, 9.17) is 0 Å². The van der Waals surface area contributed by atoms with Gasteiger partial charge in [0.2, 0.25) is 10.0 Å². The molecule has 2 aromatic rings. The molecule has 1 aliphatic rings. The number of nitrogens with zero attached hydrogens (tertiary/aromatic N) is 4. The normalized spacial score (nSPS) is 15.4. The summed E-state index contributed by atoms with van der Waals surface area (Å²) in [5.74, 6) is 0. The van der Waals surface area contributed by atoms with Crippen molar-refractivity contribution >= 4 is 10.0 Å². The summed E-state index contributed by atoms with van der Waals surface area (Å²) in [6.45, 7) is 0.0267. The summed E-state index contributed by atoms with van der Waals surface area (Å²) in [6.07, 6.45) is 2.95. The summed E-state index contributed by atoms with van der Waals surface area (Å²) in [6, 6.07) is 9.42. The number of hydrogen-bond donors (Lipinski definition) is 1. The molecule has 8 heteroatoms. The minimum atomic E-state index is -3.36. The van der Waals surface area contributed by atoms with Gasteiger partial charge in [-0.3, -0.25) is 0 Å². The molecular formula is C14H18N4O3S. The second kappa shape index (κ2) is 6.15. The van der Waals surface area contributed by atoms with Crippen molar-refractivity contribution in [2.45, 2.75) is 24.6 Å². The van der Waals surface area contributed by atoms with Gasteiger partial charge in [-0.05, 0) is 25.0 Å². The third-order valence-corrected chi connectivity index (χ3v) is 5.96. The number of aliphatic hydroxyl groups excluding tert-OH is 1. The number of benzene rings is 1. The molecule has 1 heterocycles. The summed E-state index contributed by atoms with van der Waals surface area (Å²) in [4.78, 5) is 0. The molecule has 0 aliphatic heterocycles. The lowest BCUT2D eigenvalue weighted by atomic mass is 10.3. The third kappa shape index (κ3) is 3.03. The molecule has 0 saturated heterocycles. The van der Waals surface area contributed by atoms with Gasteiger partial charge in [-0.1, -0.05) is 23.4 Å². The van der Waals surface area contributed by atoms with Crippen LogP contribution in [0.3, 0.4) is 0 Å². The summed E-state index contributed by atoms with van der Waals surface area (Å²) < 4.78 is 27.8. The predicted molar refractivity (Wildman–Crippen MR) is 80.8 cm³/mol. The fourth-order valence-electron chi connectivity index (χ4n) is 2.32. The van der Waals surface area contributed by atoms with Crippen LogP contribution >= 0.6 is 0 Å². The number of rotatable bonds is 7. The predicted octanol–water partition coefficient (Wildman–Crippen LogP) is 0.554. The van der Waals surface area contributed by atoms with Crippen LogP contribution in [0, 0.1) is 0 Å². The molecule has 0 atom stereocenters. The van der Waals surface area contributed by atoms with Crippen LogP contribution in [0.2, 0.25) is 0 Å². The molecule has 0 unspecified atom stereocenters. The van der Waals surface area contributed by atoms with Gasteiger partial charge in [0.1, 0.15) is 0 Å². The number of aromatic nitrogens is 3. The van der Waals surface area contributed by atoms with Gasteiger partial charge in [-0.2, -0.15) is 4.31 Å². The maximum atomic E-state index is 12.4. The largest absolute Gasteiger partial charge is 0.395 e. The van der Waals surface area contributed by atoms with Crippen molar-refractivity contribution in [3.63, 3.8) is 0 Å². The van der Waals surface area contributed by atoms with Crippen molar-refractivity contribution in [1.29, 1.82) is 0 Å². The van der Waals surface area contributed by atoms with Gasteiger partial charge in [0.05, 0.1) is 36.0 Å². The highest BCUT2D eigenvalue weighted by molar-refractivity contribution is 7.90. The first-order chi connectivity index (χ1) is 10.6. The molecule has 118 valence electrons. The molecule has 1 aromatic heterocycles. The summed E-state index contributed by atoms with van der Waals surface area (Å²) in [7, 11) is -3.36. The molecule has 22 heavy (non-hydrogen) atoms. The van der Waals surface area contributed by atoms with E-state index in [0.29, 0.717) is 18.5 Å². The van der Waals surface area contributed by atoms with E-state index in [1.165, 1.54) is 4.31 Å². The molecule has 1 aromatic carbocycles. The first-order valence-corrected chi connectivity index (χ1v) is 8.68. The second-order valence-electron chi connectivity index (χ2n) is 5.27. The van der Waals surface area contributed by atoms with Crippen LogP contribution < -0.4 is 0 Å². The highest BCUT2D eigenvalue weighted by Crippen LogP contribution is 2.31. The lowest BCUT2D eigenvalue weighted by Gasteiger charge is -2.21. The van der Waals surface area contributed by atoms with Gasteiger partial charge in [0.15, 0.2) is 0 Å². The van der Waals surface area contributed by atoms with Crippen molar-refractivity contribution in [3.8, 4) is 5.69 Å². The van der Waals surface area contributed by atoms with Crippen molar-refractivity contribution in [1.82, 2.24) is 19.3 Å². The lowest BCUT2D eigenvalue weighted by molar-refractivity contribution is 0.249. The monoisotopic (exact) mass is 322 g/mol. The average Bonchev–Trinajstić information content (AvgIpc) is 3.29. The minimum Gasteiger partial charge on any atom is -0.395 e. The van der Waals surface area contributed by atoms with E-state index in [-0.39, 0.29) is 24.9 Å². The van der Waals surface area contributed by atoms with Crippen LogP contribution in [0.4, 0.5) is 0 Å². The first-order valence-electron chi connectivity index (χ1n) is 7.18. The van der Waals surface area contributed by atoms with Gasteiger partial charge in [0.25, 0.3) is 0 Å². The van der Waals surface area contributed by atoms with Crippen molar-refractivity contribution < 1.29 is 13.5 Å². The fraction of sp³-hybridized carbons (Fsp3) is 0.429. The fourth-order valence-corrected chi connectivity index (χ4v) is 4.12. The minimum absolute atomic E-state index is 0.0821. The van der Waals surface area contributed by atoms with Crippen molar-refractivity contribution in [3.05, 3.63) is 42.2 Å². The molecule has 0 radical (unpaired) electrons. The SMILES string of the molecule is O=S(=O)(C1CC1)N(CCO)Cc1cnnn1-c1ccccc1. The Hall–Kier alpha value is -1.77. The van der Waals surface area contributed by atoms with E-state index in [2.05, 4.69) is 10.3 Å². The second-order valence-corrected chi connectivity index (χ2v) is 7.49. The summed E-state index contributed by atoms with van der Waals surface area (Å²) >= 11 is 0. The Morgan fingerprint density at radius 1 is 1.27 bits per heavy atom. The zero-order chi connectivity index (χ0) is 15.6. The maximum absolute atomic E-state index is 12.4. The van der Waals surface area contributed by atoms with Crippen LogP contribution in [0.25, 0.3) is 5.69 Å². The molecule has 0 amide bonds.